The van der Waals surface area contributed by atoms with Crippen molar-refractivity contribution >= 4 is 0 Å². The van der Waals surface area contributed by atoms with Crippen LogP contribution < -0.4 is 5.32 Å². The summed E-state index contributed by atoms with van der Waals surface area (Å²) in [5.74, 6) is 0. The van der Waals surface area contributed by atoms with Gasteiger partial charge in [-0.3, -0.25) is 0 Å². The third-order valence-corrected chi connectivity index (χ3v) is 2.77. The molecule has 1 fully saturated rings. The largest absolute Gasteiger partial charge is 0.310 e. The second-order valence-corrected chi connectivity index (χ2v) is 3.74. The third-order valence-electron chi connectivity index (χ3n) is 2.77. The van der Waals surface area contributed by atoms with Gasteiger partial charge in [0, 0.05) is 6.04 Å². The molecule has 0 amide bonds. The van der Waals surface area contributed by atoms with Crippen molar-refractivity contribution in [1.29, 1.82) is 0 Å². The van der Waals surface area contributed by atoms with Crippen LogP contribution >= 0.6 is 0 Å². The molecule has 0 spiro atoms. The van der Waals surface area contributed by atoms with E-state index in [9.17, 15) is 0 Å². The van der Waals surface area contributed by atoms with Gasteiger partial charge in [0.25, 0.3) is 0 Å². The first kappa shape index (κ1) is 8.76. The standard InChI is InChI=1S/C12H17N/c1-2-5-10-6-3-4-7-11(10)12-8-9-13-12/h3-4,6-7,12-13H,2,5,8-9H2,1H3. The Hall–Kier alpha value is -0.820. The lowest BCUT2D eigenvalue weighted by atomic mass is 9.92. The molecule has 13 heavy (non-hydrogen) atoms. The minimum atomic E-state index is 0.641. The molecule has 1 nitrogen and oxygen atoms in total. The van der Waals surface area contributed by atoms with Gasteiger partial charge in [0.15, 0.2) is 0 Å². The molecule has 1 aromatic rings. The van der Waals surface area contributed by atoms with Gasteiger partial charge in [0.05, 0.1) is 0 Å². The van der Waals surface area contributed by atoms with Crippen LogP contribution in [0.15, 0.2) is 24.3 Å². The van der Waals surface area contributed by atoms with E-state index in [0.717, 1.165) is 0 Å². The zero-order valence-electron chi connectivity index (χ0n) is 8.22. The molecule has 1 aliphatic rings. The fourth-order valence-electron chi connectivity index (χ4n) is 1.93. The van der Waals surface area contributed by atoms with Crippen molar-refractivity contribution in [2.75, 3.05) is 6.54 Å². The maximum absolute atomic E-state index is 3.46. The molecule has 0 saturated carbocycles. The first-order valence-electron chi connectivity index (χ1n) is 5.23. The van der Waals surface area contributed by atoms with E-state index in [1.54, 1.807) is 0 Å². The topological polar surface area (TPSA) is 12.0 Å². The van der Waals surface area contributed by atoms with E-state index in [0.29, 0.717) is 6.04 Å². The lowest BCUT2D eigenvalue weighted by Gasteiger charge is -2.29. The van der Waals surface area contributed by atoms with Gasteiger partial charge in [0.2, 0.25) is 0 Å². The Balaban J connectivity index is 2.20. The van der Waals surface area contributed by atoms with E-state index in [-0.39, 0.29) is 0 Å². The van der Waals surface area contributed by atoms with Gasteiger partial charge in [-0.05, 0) is 30.5 Å². The number of hydrogen-bond acceptors (Lipinski definition) is 1. The number of aryl methyl sites for hydroxylation is 1. The minimum absolute atomic E-state index is 0.641. The summed E-state index contributed by atoms with van der Waals surface area (Å²) in [5.41, 5.74) is 3.05. The average molecular weight is 175 g/mol. The van der Waals surface area contributed by atoms with Crippen LogP contribution in [0.1, 0.15) is 36.9 Å². The van der Waals surface area contributed by atoms with Crippen LogP contribution in [0.25, 0.3) is 0 Å². The number of rotatable bonds is 3. The summed E-state index contributed by atoms with van der Waals surface area (Å²) in [6.07, 6.45) is 3.76. The molecular weight excluding hydrogens is 158 g/mol. The molecule has 1 heterocycles. The van der Waals surface area contributed by atoms with Crippen molar-refractivity contribution in [1.82, 2.24) is 5.32 Å². The minimum Gasteiger partial charge on any atom is -0.310 e. The predicted molar refractivity (Wildman–Crippen MR) is 55.8 cm³/mol. The van der Waals surface area contributed by atoms with E-state index < -0.39 is 0 Å². The van der Waals surface area contributed by atoms with E-state index in [1.165, 1.54) is 36.9 Å². The Kier molecular flexibility index (Phi) is 2.65. The molecule has 0 radical (unpaired) electrons. The summed E-state index contributed by atoms with van der Waals surface area (Å²) in [7, 11) is 0. The van der Waals surface area contributed by atoms with Gasteiger partial charge in [0.1, 0.15) is 0 Å². The molecule has 0 bridgehead atoms. The molecule has 2 rings (SSSR count). The number of nitrogens with one attached hydrogen (secondary N) is 1. The summed E-state index contributed by atoms with van der Waals surface area (Å²) in [5, 5.41) is 3.46. The molecule has 0 aliphatic carbocycles. The van der Waals surface area contributed by atoms with Crippen LogP contribution in [-0.4, -0.2) is 6.54 Å². The molecule has 1 unspecified atom stereocenters. The second kappa shape index (κ2) is 3.93. The zero-order chi connectivity index (χ0) is 9.10. The molecule has 0 aromatic heterocycles. The van der Waals surface area contributed by atoms with Crippen LogP contribution in [0.5, 0.6) is 0 Å². The lowest BCUT2D eigenvalue weighted by Crippen LogP contribution is -2.35. The Morgan fingerprint density at radius 3 is 2.77 bits per heavy atom. The van der Waals surface area contributed by atoms with Gasteiger partial charge in [-0.2, -0.15) is 0 Å². The van der Waals surface area contributed by atoms with Crippen LogP contribution in [0, 0.1) is 0 Å². The highest BCUT2D eigenvalue weighted by Crippen LogP contribution is 2.26. The molecule has 1 saturated heterocycles. The zero-order valence-corrected chi connectivity index (χ0v) is 8.22. The molecule has 1 atom stereocenters. The van der Waals surface area contributed by atoms with Gasteiger partial charge < -0.3 is 5.32 Å². The monoisotopic (exact) mass is 175 g/mol. The van der Waals surface area contributed by atoms with Crippen LogP contribution in [0.4, 0.5) is 0 Å². The van der Waals surface area contributed by atoms with E-state index in [1.807, 2.05) is 0 Å². The predicted octanol–water partition coefficient (Wildman–Crippen LogP) is 2.67. The Morgan fingerprint density at radius 2 is 2.15 bits per heavy atom. The summed E-state index contributed by atoms with van der Waals surface area (Å²) in [6.45, 7) is 3.43. The lowest BCUT2D eigenvalue weighted by molar-refractivity contribution is 0.381. The van der Waals surface area contributed by atoms with Crippen molar-refractivity contribution in [3.8, 4) is 0 Å². The quantitative estimate of drug-likeness (QED) is 0.744. The van der Waals surface area contributed by atoms with E-state index in [2.05, 4.69) is 36.5 Å². The van der Waals surface area contributed by atoms with Gasteiger partial charge in [-0.25, -0.2) is 0 Å². The van der Waals surface area contributed by atoms with Crippen molar-refractivity contribution in [2.45, 2.75) is 32.2 Å². The van der Waals surface area contributed by atoms with Crippen LogP contribution in [0.2, 0.25) is 0 Å². The molecule has 1 aromatic carbocycles. The SMILES string of the molecule is CCCc1ccccc1C1CCN1. The van der Waals surface area contributed by atoms with Crippen molar-refractivity contribution in [2.24, 2.45) is 0 Å². The Morgan fingerprint density at radius 1 is 1.38 bits per heavy atom. The summed E-state index contributed by atoms with van der Waals surface area (Å²) < 4.78 is 0. The smallest absolute Gasteiger partial charge is 0.0335 e. The summed E-state index contributed by atoms with van der Waals surface area (Å²) >= 11 is 0. The van der Waals surface area contributed by atoms with Crippen molar-refractivity contribution < 1.29 is 0 Å². The average Bonchev–Trinajstić information content (AvgIpc) is 2.05. The van der Waals surface area contributed by atoms with Crippen molar-refractivity contribution in [3.63, 3.8) is 0 Å². The number of benzene rings is 1. The maximum atomic E-state index is 3.46. The highest BCUT2D eigenvalue weighted by Gasteiger charge is 2.20. The Labute approximate surface area is 80.2 Å². The second-order valence-electron chi connectivity index (χ2n) is 3.74. The molecular formula is C12H17N. The summed E-state index contributed by atoms with van der Waals surface area (Å²) in [6, 6.07) is 9.46. The molecule has 1 heteroatoms. The molecule has 70 valence electrons. The fourth-order valence-corrected chi connectivity index (χ4v) is 1.93. The van der Waals surface area contributed by atoms with Crippen molar-refractivity contribution in [3.05, 3.63) is 35.4 Å². The van der Waals surface area contributed by atoms with Crippen LogP contribution in [0.3, 0.4) is 0 Å². The molecule has 1 aliphatic heterocycles. The van der Waals surface area contributed by atoms with E-state index in [4.69, 9.17) is 0 Å². The highest BCUT2D eigenvalue weighted by molar-refractivity contribution is 5.31. The Bertz CT molecular complexity index is 276. The normalized spacial score (nSPS) is 21.2. The number of hydrogen-bond donors (Lipinski definition) is 1. The van der Waals surface area contributed by atoms with Gasteiger partial charge >= 0.3 is 0 Å². The highest BCUT2D eigenvalue weighted by atomic mass is 15.0. The third kappa shape index (κ3) is 1.75. The van der Waals surface area contributed by atoms with E-state index >= 15 is 0 Å². The fraction of sp³-hybridized carbons (Fsp3) is 0.500. The van der Waals surface area contributed by atoms with Gasteiger partial charge in [-0.15, -0.1) is 0 Å². The first-order valence-corrected chi connectivity index (χ1v) is 5.23. The first-order chi connectivity index (χ1) is 6.42. The molecule has 1 N–H and O–H groups in total. The van der Waals surface area contributed by atoms with Gasteiger partial charge in [-0.1, -0.05) is 37.6 Å². The van der Waals surface area contributed by atoms with Crippen LogP contribution in [-0.2, 0) is 6.42 Å². The summed E-state index contributed by atoms with van der Waals surface area (Å²) in [4.78, 5) is 0. The maximum Gasteiger partial charge on any atom is 0.0335 e.